The Labute approximate surface area is 183 Å². The number of primary amides is 1. The largest absolute Gasteiger partial charge is 0.487 e. The Balaban J connectivity index is 1.55. The molecule has 1 amide bonds. The number of nitrogens with zero attached hydrogens (tertiary/aromatic N) is 1. The zero-order valence-electron chi connectivity index (χ0n) is 16.8. The Morgan fingerprint density at radius 3 is 2.42 bits per heavy atom. The lowest BCUT2D eigenvalue weighted by Crippen LogP contribution is -2.17. The third kappa shape index (κ3) is 4.68. The smallest absolute Gasteiger partial charge is 0.416 e. The van der Waals surface area contributed by atoms with Gasteiger partial charge in [-0.1, -0.05) is 12.1 Å². The lowest BCUT2D eigenvalue weighted by Gasteiger charge is -2.11. The summed E-state index contributed by atoms with van der Waals surface area (Å²) in [5.74, 6) is -4.04. The number of aromatic nitrogens is 1. The van der Waals surface area contributed by atoms with Crippen molar-refractivity contribution in [3.05, 3.63) is 70.8 Å². The summed E-state index contributed by atoms with van der Waals surface area (Å²) >= 11 is 0. The highest BCUT2D eigenvalue weighted by molar-refractivity contribution is 5.93. The second-order valence-corrected chi connectivity index (χ2v) is 7.54. The van der Waals surface area contributed by atoms with E-state index in [0.29, 0.717) is 17.0 Å². The number of ether oxygens (including phenoxy) is 1. The summed E-state index contributed by atoms with van der Waals surface area (Å²) in [5, 5.41) is 10.4. The number of nitrogens with two attached hydrogens (primary N) is 1. The van der Waals surface area contributed by atoms with Crippen LogP contribution in [0.4, 0.5) is 22.0 Å². The highest BCUT2D eigenvalue weighted by Gasteiger charge is 2.34. The molecule has 3 aromatic rings. The van der Waals surface area contributed by atoms with E-state index in [1.807, 2.05) is 0 Å². The molecule has 0 saturated heterocycles. The van der Waals surface area contributed by atoms with Crippen molar-refractivity contribution in [2.75, 3.05) is 6.61 Å². The minimum Gasteiger partial charge on any atom is -0.487 e. The van der Waals surface area contributed by atoms with E-state index in [1.54, 1.807) is 0 Å². The molecule has 1 aliphatic carbocycles. The van der Waals surface area contributed by atoms with Gasteiger partial charge in [0.1, 0.15) is 29.4 Å². The van der Waals surface area contributed by atoms with Crippen LogP contribution in [-0.4, -0.2) is 22.6 Å². The summed E-state index contributed by atoms with van der Waals surface area (Å²) in [4.78, 5) is 15.4. The molecule has 1 aromatic heterocycles. The van der Waals surface area contributed by atoms with E-state index in [1.165, 1.54) is 12.1 Å². The Kier molecular flexibility index (Phi) is 5.83. The Morgan fingerprint density at radius 2 is 1.85 bits per heavy atom. The zero-order valence-corrected chi connectivity index (χ0v) is 16.8. The molecule has 11 heteroatoms. The van der Waals surface area contributed by atoms with Crippen molar-refractivity contribution in [1.29, 1.82) is 0 Å². The standard InChI is InChI=1S/C22H17F5N2O4/c23-13-7-8-15(17(24)16(13)20(28)31)32-9-14(30)21-29-18(19(33-21)11-1-2-11)10-3-5-12(6-4-10)22(25,26)27/h3-8,11,14,30H,1-2,9H2,(H2,28,31). The van der Waals surface area contributed by atoms with Crippen LogP contribution < -0.4 is 10.5 Å². The van der Waals surface area contributed by atoms with E-state index >= 15 is 0 Å². The molecule has 0 aliphatic heterocycles. The second kappa shape index (κ2) is 8.47. The molecule has 1 fully saturated rings. The Hall–Kier alpha value is -3.47. The maximum absolute atomic E-state index is 14.3. The molecule has 1 unspecified atom stereocenters. The van der Waals surface area contributed by atoms with E-state index in [4.69, 9.17) is 14.9 Å². The fourth-order valence-corrected chi connectivity index (χ4v) is 3.25. The van der Waals surface area contributed by atoms with E-state index in [-0.39, 0.29) is 11.8 Å². The average Bonchev–Trinajstić information content (AvgIpc) is 3.50. The molecule has 1 heterocycles. The van der Waals surface area contributed by atoms with Gasteiger partial charge >= 0.3 is 6.18 Å². The van der Waals surface area contributed by atoms with Gasteiger partial charge in [-0.3, -0.25) is 4.79 Å². The second-order valence-electron chi connectivity index (χ2n) is 7.54. The molecule has 1 saturated carbocycles. The van der Waals surface area contributed by atoms with Gasteiger partial charge in [-0.15, -0.1) is 0 Å². The summed E-state index contributed by atoms with van der Waals surface area (Å²) in [5.41, 5.74) is 3.85. The monoisotopic (exact) mass is 468 g/mol. The predicted octanol–water partition coefficient (Wildman–Crippen LogP) is 4.73. The molecule has 1 atom stereocenters. The van der Waals surface area contributed by atoms with Gasteiger partial charge in [-0.2, -0.15) is 13.2 Å². The number of oxazole rings is 1. The van der Waals surface area contributed by atoms with Crippen LogP contribution in [0.5, 0.6) is 5.75 Å². The number of hydrogen-bond donors (Lipinski definition) is 2. The van der Waals surface area contributed by atoms with Crippen LogP contribution in [0.2, 0.25) is 0 Å². The van der Waals surface area contributed by atoms with Crippen LogP contribution in [0.3, 0.4) is 0 Å². The molecule has 2 aromatic carbocycles. The van der Waals surface area contributed by atoms with E-state index in [0.717, 1.165) is 37.1 Å². The third-order valence-corrected chi connectivity index (χ3v) is 5.09. The van der Waals surface area contributed by atoms with Crippen molar-refractivity contribution in [3.8, 4) is 17.0 Å². The first kappa shape index (κ1) is 22.7. The van der Waals surface area contributed by atoms with Crippen molar-refractivity contribution in [1.82, 2.24) is 4.98 Å². The predicted molar refractivity (Wildman–Crippen MR) is 104 cm³/mol. The van der Waals surface area contributed by atoms with Gasteiger partial charge < -0.3 is 20.0 Å². The lowest BCUT2D eigenvalue weighted by atomic mass is 10.1. The van der Waals surface area contributed by atoms with Crippen molar-refractivity contribution in [2.24, 2.45) is 5.73 Å². The number of halogens is 5. The van der Waals surface area contributed by atoms with E-state index in [2.05, 4.69) is 4.98 Å². The molecule has 0 spiro atoms. The third-order valence-electron chi connectivity index (χ3n) is 5.09. The topological polar surface area (TPSA) is 98.6 Å². The molecule has 174 valence electrons. The Bertz CT molecular complexity index is 1190. The summed E-state index contributed by atoms with van der Waals surface area (Å²) < 4.78 is 77.2. The number of aliphatic hydroxyl groups excluding tert-OH is 1. The fourth-order valence-electron chi connectivity index (χ4n) is 3.25. The molecule has 4 rings (SSSR count). The first-order valence-corrected chi connectivity index (χ1v) is 9.83. The van der Waals surface area contributed by atoms with Crippen LogP contribution >= 0.6 is 0 Å². The molecular formula is C22H17F5N2O4. The molecule has 33 heavy (non-hydrogen) atoms. The number of carbonyl (C=O) groups is 1. The maximum Gasteiger partial charge on any atom is 0.416 e. The number of rotatable bonds is 7. The van der Waals surface area contributed by atoms with Gasteiger partial charge in [0.2, 0.25) is 5.89 Å². The van der Waals surface area contributed by atoms with Gasteiger partial charge in [-0.25, -0.2) is 13.8 Å². The summed E-state index contributed by atoms with van der Waals surface area (Å²) in [6.07, 6.45) is -4.37. The van der Waals surface area contributed by atoms with Crippen LogP contribution in [0.1, 0.15) is 52.4 Å². The molecular weight excluding hydrogens is 451 g/mol. The molecule has 3 N–H and O–H groups in total. The number of alkyl halides is 3. The summed E-state index contributed by atoms with van der Waals surface area (Å²) in [7, 11) is 0. The van der Waals surface area contributed by atoms with Crippen LogP contribution in [-0.2, 0) is 6.18 Å². The molecule has 6 nitrogen and oxygen atoms in total. The maximum atomic E-state index is 14.3. The minimum atomic E-state index is -4.48. The number of carbonyl (C=O) groups excluding carboxylic acids is 1. The van der Waals surface area contributed by atoms with Crippen molar-refractivity contribution >= 4 is 5.91 Å². The first-order chi connectivity index (χ1) is 15.6. The van der Waals surface area contributed by atoms with E-state index < -0.39 is 53.3 Å². The van der Waals surface area contributed by atoms with Crippen LogP contribution in [0, 0.1) is 11.6 Å². The first-order valence-electron chi connectivity index (χ1n) is 9.83. The van der Waals surface area contributed by atoms with Crippen molar-refractivity contribution < 1.29 is 41.0 Å². The molecule has 0 bridgehead atoms. The SMILES string of the molecule is NC(=O)c1c(F)ccc(OCC(O)c2nc(-c3ccc(C(F)(F)F)cc3)c(C3CC3)o2)c1F. The normalized spacial score (nSPS) is 14.8. The number of hydrogen-bond acceptors (Lipinski definition) is 5. The van der Waals surface area contributed by atoms with Gasteiger partial charge in [0, 0.05) is 11.5 Å². The lowest BCUT2D eigenvalue weighted by molar-refractivity contribution is -0.137. The minimum absolute atomic E-state index is 0.0179. The molecule has 0 radical (unpaired) electrons. The van der Waals surface area contributed by atoms with Gasteiger partial charge in [-0.05, 0) is 37.1 Å². The summed E-state index contributed by atoms with van der Waals surface area (Å²) in [6, 6.07) is 6.10. The zero-order chi connectivity index (χ0) is 23.9. The number of amides is 1. The van der Waals surface area contributed by atoms with Crippen molar-refractivity contribution in [3.63, 3.8) is 0 Å². The number of benzene rings is 2. The fraction of sp³-hybridized carbons (Fsp3) is 0.273. The van der Waals surface area contributed by atoms with E-state index in [9.17, 15) is 31.9 Å². The quantitative estimate of drug-likeness (QED) is 0.489. The van der Waals surface area contributed by atoms with Gasteiger partial charge in [0.15, 0.2) is 17.7 Å². The van der Waals surface area contributed by atoms with Gasteiger partial charge in [0.25, 0.3) is 5.91 Å². The highest BCUT2D eigenvalue weighted by Crippen LogP contribution is 2.45. The summed E-state index contributed by atoms with van der Waals surface area (Å²) in [6.45, 7) is -0.558. The average molecular weight is 468 g/mol. The Morgan fingerprint density at radius 1 is 1.18 bits per heavy atom. The highest BCUT2D eigenvalue weighted by atomic mass is 19.4. The molecule has 1 aliphatic rings. The van der Waals surface area contributed by atoms with Gasteiger partial charge in [0.05, 0.1) is 5.56 Å². The number of aliphatic hydroxyl groups is 1. The van der Waals surface area contributed by atoms with Crippen LogP contribution in [0.15, 0.2) is 40.8 Å². The van der Waals surface area contributed by atoms with Crippen molar-refractivity contribution in [2.45, 2.75) is 31.0 Å². The van der Waals surface area contributed by atoms with Crippen LogP contribution in [0.25, 0.3) is 11.3 Å².